The van der Waals surface area contributed by atoms with Gasteiger partial charge in [0.05, 0.1) is 17.1 Å². The van der Waals surface area contributed by atoms with Gasteiger partial charge in [0, 0.05) is 57.5 Å². The number of nitrogens with zero attached hydrogens (tertiary/aromatic N) is 4. The Labute approximate surface area is 209 Å². The summed E-state index contributed by atoms with van der Waals surface area (Å²) < 4.78 is 39.3. The molecule has 5 rings (SSSR count). The van der Waals surface area contributed by atoms with Crippen LogP contribution in [0.5, 0.6) is 0 Å². The second-order valence-corrected chi connectivity index (χ2v) is 10.8. The zero-order valence-corrected chi connectivity index (χ0v) is 20.6. The van der Waals surface area contributed by atoms with Gasteiger partial charge in [-0.3, -0.25) is 4.79 Å². The minimum atomic E-state index is -4.39. The summed E-state index contributed by atoms with van der Waals surface area (Å²) in [5.41, 5.74) is -0.665. The number of carbonyl (C=O) groups excluding carboxylic acids is 2. The van der Waals surface area contributed by atoms with Crippen LogP contribution in [0.4, 0.5) is 23.7 Å². The van der Waals surface area contributed by atoms with E-state index in [1.807, 2.05) is 14.7 Å². The lowest BCUT2D eigenvalue weighted by Crippen LogP contribution is -2.57. The number of hydrogen-bond acceptors (Lipinski definition) is 4. The molecule has 7 nitrogen and oxygen atoms in total. The summed E-state index contributed by atoms with van der Waals surface area (Å²) in [6.45, 7) is 3.57. The zero-order chi connectivity index (χ0) is 25.5. The van der Waals surface area contributed by atoms with Crippen LogP contribution in [0.2, 0.25) is 0 Å². The summed E-state index contributed by atoms with van der Waals surface area (Å²) in [7, 11) is 0. The SMILES string of the molecule is O=C(N1CCN(c2cccc(C(F)(F)F)c2)CC1)N1CCCC2(CCN([C@H]3CC[C@H](O)CC3)C2=O)C1. The Morgan fingerprint density at radius 1 is 0.944 bits per heavy atom. The number of carbonyl (C=O) groups is 2. The van der Waals surface area contributed by atoms with Crippen molar-refractivity contribution >= 4 is 17.6 Å². The molecular formula is C26H35F3N4O3. The Kier molecular flexibility index (Phi) is 6.82. The predicted octanol–water partition coefficient (Wildman–Crippen LogP) is 3.57. The third-order valence-electron chi connectivity index (χ3n) is 8.59. The second kappa shape index (κ2) is 9.76. The third kappa shape index (κ3) is 4.88. The highest BCUT2D eigenvalue weighted by Gasteiger charge is 2.51. The van der Waals surface area contributed by atoms with E-state index >= 15 is 0 Å². The second-order valence-electron chi connectivity index (χ2n) is 10.8. The first kappa shape index (κ1) is 25.2. The van der Waals surface area contributed by atoms with Crippen LogP contribution in [0.25, 0.3) is 0 Å². The van der Waals surface area contributed by atoms with Crippen LogP contribution in [0.1, 0.15) is 50.5 Å². The number of amides is 3. The van der Waals surface area contributed by atoms with E-state index in [9.17, 15) is 27.9 Å². The van der Waals surface area contributed by atoms with Crippen molar-refractivity contribution in [1.82, 2.24) is 14.7 Å². The number of urea groups is 1. The number of aliphatic hydroxyl groups is 1. The molecule has 1 unspecified atom stereocenters. The van der Waals surface area contributed by atoms with Gasteiger partial charge in [0.2, 0.25) is 5.91 Å². The van der Waals surface area contributed by atoms with E-state index in [-0.39, 0.29) is 24.1 Å². The first-order valence-corrected chi connectivity index (χ1v) is 13.1. The summed E-state index contributed by atoms with van der Waals surface area (Å²) in [5, 5.41) is 9.82. The Morgan fingerprint density at radius 2 is 1.67 bits per heavy atom. The molecule has 4 fully saturated rings. The summed E-state index contributed by atoms with van der Waals surface area (Å²) in [4.78, 5) is 34.4. The molecule has 0 bridgehead atoms. The first-order chi connectivity index (χ1) is 17.2. The van der Waals surface area contributed by atoms with E-state index in [4.69, 9.17) is 0 Å². The molecule has 198 valence electrons. The van der Waals surface area contributed by atoms with Crippen molar-refractivity contribution < 1.29 is 27.9 Å². The van der Waals surface area contributed by atoms with E-state index in [1.54, 1.807) is 11.0 Å². The lowest BCUT2D eigenvalue weighted by Gasteiger charge is -2.43. The minimum absolute atomic E-state index is 0.0789. The summed E-state index contributed by atoms with van der Waals surface area (Å²) in [5.74, 6) is 0.163. The monoisotopic (exact) mass is 508 g/mol. The van der Waals surface area contributed by atoms with Crippen molar-refractivity contribution in [3.05, 3.63) is 29.8 Å². The maximum Gasteiger partial charge on any atom is 0.416 e. The first-order valence-electron chi connectivity index (χ1n) is 13.1. The largest absolute Gasteiger partial charge is 0.416 e. The normalized spacial score (nSPS) is 29.8. The van der Waals surface area contributed by atoms with Crippen LogP contribution < -0.4 is 4.90 Å². The number of alkyl halides is 3. The molecule has 10 heteroatoms. The zero-order valence-electron chi connectivity index (χ0n) is 20.6. The summed E-state index contributed by atoms with van der Waals surface area (Å²) in [6, 6.07) is 5.43. The van der Waals surface area contributed by atoms with Gasteiger partial charge >= 0.3 is 12.2 Å². The summed E-state index contributed by atoms with van der Waals surface area (Å²) in [6.07, 6.45) is 0.844. The van der Waals surface area contributed by atoms with Crippen LogP contribution in [0, 0.1) is 5.41 Å². The highest BCUT2D eigenvalue weighted by molar-refractivity contribution is 5.86. The number of hydrogen-bond donors (Lipinski definition) is 1. The highest BCUT2D eigenvalue weighted by Crippen LogP contribution is 2.43. The quantitative estimate of drug-likeness (QED) is 0.664. The molecule has 1 aromatic rings. The van der Waals surface area contributed by atoms with Gasteiger partial charge in [0.25, 0.3) is 0 Å². The fourth-order valence-corrected chi connectivity index (χ4v) is 6.47. The molecule has 3 heterocycles. The van der Waals surface area contributed by atoms with Crippen LogP contribution in [-0.2, 0) is 11.0 Å². The van der Waals surface area contributed by atoms with Gasteiger partial charge in [-0.1, -0.05) is 6.07 Å². The molecule has 1 atom stereocenters. The van der Waals surface area contributed by atoms with Crippen molar-refractivity contribution in [2.75, 3.05) is 50.7 Å². The molecule has 1 aliphatic carbocycles. The molecule has 0 aromatic heterocycles. The minimum Gasteiger partial charge on any atom is -0.393 e. The molecule has 1 N–H and O–H groups in total. The van der Waals surface area contributed by atoms with E-state index in [0.29, 0.717) is 45.0 Å². The fourth-order valence-electron chi connectivity index (χ4n) is 6.47. The van der Waals surface area contributed by atoms with E-state index in [2.05, 4.69) is 0 Å². The molecule has 4 aliphatic rings. The average Bonchev–Trinajstić information content (AvgIpc) is 3.18. The fraction of sp³-hybridized carbons (Fsp3) is 0.692. The van der Waals surface area contributed by atoms with Gasteiger partial charge in [-0.25, -0.2) is 4.79 Å². The lowest BCUT2D eigenvalue weighted by molar-refractivity contribution is -0.141. The van der Waals surface area contributed by atoms with E-state index < -0.39 is 17.2 Å². The van der Waals surface area contributed by atoms with Gasteiger partial charge in [-0.05, 0) is 63.1 Å². The number of halogens is 3. The van der Waals surface area contributed by atoms with Crippen molar-refractivity contribution in [2.24, 2.45) is 5.41 Å². The molecule has 1 aromatic carbocycles. The van der Waals surface area contributed by atoms with Crippen molar-refractivity contribution in [1.29, 1.82) is 0 Å². The standard InChI is InChI=1S/C26H35F3N4O3/c27-26(28,29)19-3-1-4-21(17-19)30-13-15-31(16-14-30)24(36)32-11-2-9-25(18-32)10-12-33(23(25)35)20-5-7-22(34)8-6-20/h1,3-4,17,20,22,34H,2,5-16,18H2/t20-,22-,25?. The molecule has 36 heavy (non-hydrogen) atoms. The number of aliphatic hydroxyl groups excluding tert-OH is 1. The Morgan fingerprint density at radius 3 is 2.36 bits per heavy atom. The van der Waals surface area contributed by atoms with Gasteiger partial charge in [-0.2, -0.15) is 13.2 Å². The molecule has 3 amide bonds. The van der Waals surface area contributed by atoms with Crippen LogP contribution in [0.15, 0.2) is 24.3 Å². The van der Waals surface area contributed by atoms with Gasteiger partial charge in [0.1, 0.15) is 0 Å². The Balaban J connectivity index is 1.18. The number of rotatable bonds is 2. The number of anilines is 1. The molecule has 3 aliphatic heterocycles. The summed E-state index contributed by atoms with van der Waals surface area (Å²) >= 11 is 0. The van der Waals surface area contributed by atoms with Crippen molar-refractivity contribution in [2.45, 2.75) is 63.3 Å². The van der Waals surface area contributed by atoms with Crippen LogP contribution in [0.3, 0.4) is 0 Å². The van der Waals surface area contributed by atoms with Crippen molar-refractivity contribution in [3.63, 3.8) is 0 Å². The van der Waals surface area contributed by atoms with E-state index in [0.717, 1.165) is 63.6 Å². The molecule has 3 saturated heterocycles. The Hall–Kier alpha value is -2.49. The predicted molar refractivity (Wildman–Crippen MR) is 128 cm³/mol. The molecule has 0 radical (unpaired) electrons. The average molecular weight is 509 g/mol. The Bertz CT molecular complexity index is 973. The van der Waals surface area contributed by atoms with Gasteiger partial charge < -0.3 is 24.7 Å². The van der Waals surface area contributed by atoms with Gasteiger partial charge in [-0.15, -0.1) is 0 Å². The number of benzene rings is 1. The topological polar surface area (TPSA) is 67.3 Å². The number of piperidine rings is 1. The molecular weight excluding hydrogens is 473 g/mol. The van der Waals surface area contributed by atoms with Gasteiger partial charge in [0.15, 0.2) is 0 Å². The van der Waals surface area contributed by atoms with E-state index in [1.165, 1.54) is 6.07 Å². The molecule has 1 spiro atoms. The van der Waals surface area contributed by atoms with Crippen LogP contribution in [-0.4, -0.2) is 89.7 Å². The lowest BCUT2D eigenvalue weighted by atomic mass is 9.78. The molecule has 1 saturated carbocycles. The van der Waals surface area contributed by atoms with Crippen molar-refractivity contribution in [3.8, 4) is 0 Å². The number of piperazine rings is 1. The maximum absolute atomic E-state index is 13.5. The maximum atomic E-state index is 13.5. The third-order valence-corrected chi connectivity index (χ3v) is 8.59. The highest BCUT2D eigenvalue weighted by atomic mass is 19.4. The van der Waals surface area contributed by atoms with Crippen LogP contribution >= 0.6 is 0 Å². The smallest absolute Gasteiger partial charge is 0.393 e. The number of likely N-dealkylation sites (tertiary alicyclic amines) is 2.